The van der Waals surface area contributed by atoms with Crippen molar-refractivity contribution in [2.75, 3.05) is 6.54 Å². The van der Waals surface area contributed by atoms with Crippen LogP contribution in [-0.4, -0.2) is 23.8 Å². The van der Waals surface area contributed by atoms with Gasteiger partial charge < -0.3 is 10.1 Å². The summed E-state index contributed by atoms with van der Waals surface area (Å²) in [6.07, 6.45) is -8.49. The molecule has 0 radical (unpaired) electrons. The summed E-state index contributed by atoms with van der Waals surface area (Å²) in [6, 6.07) is 10.6. The minimum absolute atomic E-state index is 0.0254. The highest BCUT2D eigenvalue weighted by Gasteiger charge is 2.37. The largest absolute Gasteiger partial charge is 0.573 e. The lowest BCUT2D eigenvalue weighted by molar-refractivity contribution is -0.274. The Hall–Kier alpha value is -3.30. The first-order valence-corrected chi connectivity index (χ1v) is 8.62. The molecule has 3 aromatic rings. The predicted octanol–water partition coefficient (Wildman–Crippen LogP) is 5.12. The molecule has 3 rings (SSSR count). The second-order valence-electron chi connectivity index (χ2n) is 6.26. The maximum Gasteiger partial charge on any atom is 0.573 e. The number of nitrogens with zero attached hydrogens (tertiary/aromatic N) is 1. The van der Waals surface area contributed by atoms with Crippen LogP contribution in [0.15, 0.2) is 54.7 Å². The number of fused-ring (bicyclic) bond motifs is 1. The molecule has 30 heavy (non-hydrogen) atoms. The van der Waals surface area contributed by atoms with E-state index in [1.165, 1.54) is 30.3 Å². The minimum atomic E-state index is -4.81. The Morgan fingerprint density at radius 3 is 2.27 bits per heavy atom. The summed E-state index contributed by atoms with van der Waals surface area (Å²) in [6.45, 7) is -0.0254. The van der Waals surface area contributed by atoms with Gasteiger partial charge in [0.05, 0.1) is 16.6 Å². The van der Waals surface area contributed by atoms with Gasteiger partial charge in [-0.3, -0.25) is 9.78 Å². The summed E-state index contributed by atoms with van der Waals surface area (Å²) < 4.78 is 81.0. The second-order valence-corrected chi connectivity index (χ2v) is 6.26. The summed E-state index contributed by atoms with van der Waals surface area (Å²) >= 11 is 0. The summed E-state index contributed by atoms with van der Waals surface area (Å²) in [5, 5.41) is 2.20. The van der Waals surface area contributed by atoms with Crippen molar-refractivity contribution in [1.29, 1.82) is 0 Å². The van der Waals surface area contributed by atoms with Crippen molar-refractivity contribution in [2.24, 2.45) is 0 Å². The molecule has 0 atom stereocenters. The molecule has 1 aromatic heterocycles. The van der Waals surface area contributed by atoms with E-state index in [0.29, 0.717) is 5.56 Å². The topological polar surface area (TPSA) is 51.2 Å². The van der Waals surface area contributed by atoms with Gasteiger partial charge in [0.15, 0.2) is 0 Å². The average Bonchev–Trinajstić information content (AvgIpc) is 2.66. The van der Waals surface area contributed by atoms with Gasteiger partial charge in [0, 0.05) is 18.1 Å². The van der Waals surface area contributed by atoms with Crippen molar-refractivity contribution in [3.8, 4) is 5.75 Å². The summed E-state index contributed by atoms with van der Waals surface area (Å²) in [7, 11) is 0. The third-order valence-corrected chi connectivity index (χ3v) is 4.16. The van der Waals surface area contributed by atoms with E-state index in [4.69, 9.17) is 0 Å². The van der Waals surface area contributed by atoms with Gasteiger partial charge in [0.25, 0.3) is 5.91 Å². The number of hydrogen-bond acceptors (Lipinski definition) is 3. The number of rotatable bonds is 5. The van der Waals surface area contributed by atoms with Crippen molar-refractivity contribution in [2.45, 2.75) is 19.0 Å². The lowest BCUT2D eigenvalue weighted by Crippen LogP contribution is -2.28. The summed E-state index contributed by atoms with van der Waals surface area (Å²) in [4.78, 5) is 16.3. The first kappa shape index (κ1) is 21.4. The summed E-state index contributed by atoms with van der Waals surface area (Å²) in [5.74, 6) is -1.34. The van der Waals surface area contributed by atoms with E-state index in [9.17, 15) is 31.1 Å². The van der Waals surface area contributed by atoms with Gasteiger partial charge >= 0.3 is 12.5 Å². The van der Waals surface area contributed by atoms with Gasteiger partial charge in [-0.15, -0.1) is 13.2 Å². The van der Waals surface area contributed by atoms with Crippen LogP contribution in [-0.2, 0) is 12.6 Å². The molecular formula is C20H14F6N2O2. The van der Waals surface area contributed by atoms with Gasteiger partial charge in [-0.05, 0) is 30.2 Å². The third kappa shape index (κ3) is 5.19. The molecule has 0 spiro atoms. The Bertz CT molecular complexity index is 1050. The quantitative estimate of drug-likeness (QED) is 0.574. The number of ether oxygens (including phenoxy) is 1. The molecule has 0 aliphatic heterocycles. The molecule has 1 N–H and O–H groups in total. The molecule has 0 aliphatic rings. The Labute approximate surface area is 166 Å². The fourth-order valence-corrected chi connectivity index (χ4v) is 2.89. The number of hydrogen-bond donors (Lipinski definition) is 1. The van der Waals surface area contributed by atoms with Crippen LogP contribution in [0.4, 0.5) is 26.3 Å². The number of carbonyl (C=O) groups is 1. The molecule has 0 unspecified atom stereocenters. The van der Waals surface area contributed by atoms with Crippen LogP contribution in [0, 0.1) is 0 Å². The average molecular weight is 428 g/mol. The number of para-hydroxylation sites is 1. The first-order chi connectivity index (χ1) is 14.0. The van der Waals surface area contributed by atoms with Gasteiger partial charge in [0.1, 0.15) is 5.75 Å². The van der Waals surface area contributed by atoms with Crippen molar-refractivity contribution < 1.29 is 35.9 Å². The highest BCUT2D eigenvalue weighted by atomic mass is 19.4. The summed E-state index contributed by atoms with van der Waals surface area (Å²) in [5.41, 5.74) is -0.991. The van der Waals surface area contributed by atoms with Crippen molar-refractivity contribution >= 4 is 16.8 Å². The maximum atomic E-state index is 13.6. The third-order valence-electron chi connectivity index (χ3n) is 4.16. The maximum absolute atomic E-state index is 13.6. The van der Waals surface area contributed by atoms with E-state index >= 15 is 0 Å². The molecule has 0 aliphatic carbocycles. The fraction of sp³-hybridized carbons (Fsp3) is 0.200. The van der Waals surface area contributed by atoms with E-state index in [0.717, 1.165) is 18.3 Å². The monoisotopic (exact) mass is 428 g/mol. The van der Waals surface area contributed by atoms with Crippen LogP contribution in [0.1, 0.15) is 21.5 Å². The Morgan fingerprint density at radius 1 is 0.967 bits per heavy atom. The van der Waals surface area contributed by atoms with Gasteiger partial charge in [-0.25, -0.2) is 0 Å². The van der Waals surface area contributed by atoms with Crippen LogP contribution in [0.25, 0.3) is 10.9 Å². The Balaban J connectivity index is 1.70. The minimum Gasteiger partial charge on any atom is -0.406 e. The molecule has 2 aromatic carbocycles. The SMILES string of the molecule is O=C(NCCc1ccc(OC(F)(F)F)cc1)c1cnc2ccccc2c1C(F)(F)F. The highest BCUT2D eigenvalue weighted by Crippen LogP contribution is 2.36. The van der Waals surface area contributed by atoms with Gasteiger partial charge in [0.2, 0.25) is 0 Å². The van der Waals surface area contributed by atoms with E-state index in [1.54, 1.807) is 6.07 Å². The number of halogens is 6. The molecular weight excluding hydrogens is 414 g/mol. The molecule has 1 heterocycles. The normalized spacial score (nSPS) is 12.1. The lowest BCUT2D eigenvalue weighted by atomic mass is 10.0. The van der Waals surface area contributed by atoms with Crippen LogP contribution in [0.3, 0.4) is 0 Å². The number of aromatic nitrogens is 1. The van der Waals surface area contributed by atoms with Crippen LogP contribution in [0.2, 0.25) is 0 Å². The zero-order valence-electron chi connectivity index (χ0n) is 15.1. The number of benzene rings is 2. The Morgan fingerprint density at radius 2 is 1.63 bits per heavy atom. The van der Waals surface area contributed by atoms with Crippen molar-refractivity contribution in [3.63, 3.8) is 0 Å². The number of pyridine rings is 1. The van der Waals surface area contributed by atoms with E-state index < -0.39 is 35.3 Å². The Kier molecular flexibility index (Phi) is 5.86. The van der Waals surface area contributed by atoms with Crippen LogP contribution >= 0.6 is 0 Å². The van der Waals surface area contributed by atoms with Crippen molar-refractivity contribution in [1.82, 2.24) is 10.3 Å². The molecule has 0 saturated carbocycles. The molecule has 10 heteroatoms. The zero-order valence-corrected chi connectivity index (χ0v) is 15.1. The van der Waals surface area contributed by atoms with E-state index in [2.05, 4.69) is 15.0 Å². The molecule has 0 saturated heterocycles. The molecule has 0 bridgehead atoms. The molecule has 4 nitrogen and oxygen atoms in total. The number of alkyl halides is 6. The lowest BCUT2D eigenvalue weighted by Gasteiger charge is -2.15. The van der Waals surface area contributed by atoms with Gasteiger partial charge in [-0.2, -0.15) is 13.2 Å². The standard InChI is InChI=1S/C20H14F6N2O2/c21-19(22,23)17-14-3-1-2-4-16(14)28-11-15(17)18(29)27-10-9-12-5-7-13(8-6-12)30-20(24,25)26/h1-8,11H,9-10H2,(H,27,29). The van der Waals surface area contributed by atoms with Gasteiger partial charge in [-0.1, -0.05) is 30.3 Å². The molecule has 1 amide bonds. The van der Waals surface area contributed by atoms with E-state index in [-0.39, 0.29) is 23.9 Å². The highest BCUT2D eigenvalue weighted by molar-refractivity contribution is 6.00. The van der Waals surface area contributed by atoms with Crippen LogP contribution in [0.5, 0.6) is 5.75 Å². The predicted molar refractivity (Wildman–Crippen MR) is 95.9 cm³/mol. The number of amides is 1. The molecule has 158 valence electrons. The second kappa shape index (κ2) is 8.21. The molecule has 0 fully saturated rings. The van der Waals surface area contributed by atoms with E-state index in [1.807, 2.05) is 0 Å². The smallest absolute Gasteiger partial charge is 0.406 e. The zero-order chi connectivity index (χ0) is 21.9. The number of carbonyl (C=O) groups excluding carboxylic acids is 1. The fourth-order valence-electron chi connectivity index (χ4n) is 2.89. The van der Waals surface area contributed by atoms with Crippen LogP contribution < -0.4 is 10.1 Å². The number of nitrogens with one attached hydrogen (secondary N) is 1. The van der Waals surface area contributed by atoms with Crippen molar-refractivity contribution in [3.05, 3.63) is 71.4 Å². The first-order valence-electron chi connectivity index (χ1n) is 8.62.